The first kappa shape index (κ1) is 10.4. The minimum atomic E-state index is 0.389. The molecular formula is C12H23NO. The van der Waals surface area contributed by atoms with E-state index < -0.39 is 0 Å². The summed E-state index contributed by atoms with van der Waals surface area (Å²) in [6.07, 6.45) is 8.73. The Labute approximate surface area is 87.3 Å². The standard InChI is InChI=1S/C12H23NO/c14-10-12-8-13(9-12)7-6-11-4-2-1-3-5-11/h11-12,14H,1-10H2. The van der Waals surface area contributed by atoms with E-state index in [0.29, 0.717) is 12.5 Å². The van der Waals surface area contributed by atoms with Gasteiger partial charge in [0.2, 0.25) is 0 Å². The normalized spacial score (nSPS) is 26.4. The summed E-state index contributed by atoms with van der Waals surface area (Å²) in [4.78, 5) is 2.50. The summed E-state index contributed by atoms with van der Waals surface area (Å²) in [7, 11) is 0. The van der Waals surface area contributed by atoms with Gasteiger partial charge in [0, 0.05) is 25.6 Å². The van der Waals surface area contributed by atoms with Crippen LogP contribution in [0, 0.1) is 11.8 Å². The molecule has 0 radical (unpaired) electrons. The molecule has 0 aromatic heterocycles. The van der Waals surface area contributed by atoms with Crippen LogP contribution in [0.4, 0.5) is 0 Å². The van der Waals surface area contributed by atoms with Crippen LogP contribution in [0.15, 0.2) is 0 Å². The van der Waals surface area contributed by atoms with Gasteiger partial charge in [-0.05, 0) is 18.9 Å². The Morgan fingerprint density at radius 2 is 1.71 bits per heavy atom. The Hall–Kier alpha value is -0.0800. The summed E-state index contributed by atoms with van der Waals surface area (Å²) in [6.45, 7) is 3.95. The fraction of sp³-hybridized carbons (Fsp3) is 1.00. The van der Waals surface area contributed by atoms with E-state index in [1.165, 1.54) is 45.1 Å². The van der Waals surface area contributed by atoms with Gasteiger partial charge < -0.3 is 10.0 Å². The molecule has 1 heterocycles. The molecule has 1 aliphatic heterocycles. The second-order valence-corrected chi connectivity index (χ2v) is 5.10. The fourth-order valence-corrected chi connectivity index (χ4v) is 2.82. The molecule has 0 aromatic carbocycles. The zero-order valence-corrected chi connectivity index (χ0v) is 9.12. The fourth-order valence-electron chi connectivity index (χ4n) is 2.82. The number of aliphatic hydroxyl groups excluding tert-OH is 1. The van der Waals surface area contributed by atoms with Crippen molar-refractivity contribution in [1.29, 1.82) is 0 Å². The van der Waals surface area contributed by atoms with Crippen molar-refractivity contribution in [2.45, 2.75) is 38.5 Å². The van der Waals surface area contributed by atoms with Gasteiger partial charge in [-0.15, -0.1) is 0 Å². The highest BCUT2D eigenvalue weighted by Gasteiger charge is 2.26. The van der Waals surface area contributed by atoms with Crippen LogP contribution >= 0.6 is 0 Å². The number of aliphatic hydroxyl groups is 1. The van der Waals surface area contributed by atoms with E-state index in [2.05, 4.69) is 4.90 Å². The highest BCUT2D eigenvalue weighted by atomic mass is 16.3. The molecule has 14 heavy (non-hydrogen) atoms. The van der Waals surface area contributed by atoms with Gasteiger partial charge in [-0.1, -0.05) is 32.1 Å². The van der Waals surface area contributed by atoms with E-state index in [4.69, 9.17) is 5.11 Å². The van der Waals surface area contributed by atoms with E-state index in [1.807, 2.05) is 0 Å². The van der Waals surface area contributed by atoms with Crippen molar-refractivity contribution in [3.63, 3.8) is 0 Å². The first-order chi connectivity index (χ1) is 6.88. The summed E-state index contributed by atoms with van der Waals surface area (Å²) in [5, 5.41) is 8.89. The van der Waals surface area contributed by atoms with E-state index in [-0.39, 0.29) is 0 Å². The van der Waals surface area contributed by atoms with Crippen molar-refractivity contribution >= 4 is 0 Å². The van der Waals surface area contributed by atoms with Crippen molar-refractivity contribution in [2.24, 2.45) is 11.8 Å². The molecule has 2 nitrogen and oxygen atoms in total. The molecule has 2 aliphatic rings. The number of rotatable bonds is 4. The molecule has 0 unspecified atom stereocenters. The van der Waals surface area contributed by atoms with Gasteiger partial charge in [0.25, 0.3) is 0 Å². The lowest BCUT2D eigenvalue weighted by Gasteiger charge is -2.39. The minimum absolute atomic E-state index is 0.389. The molecule has 2 fully saturated rings. The first-order valence-corrected chi connectivity index (χ1v) is 6.21. The molecule has 0 amide bonds. The van der Waals surface area contributed by atoms with Gasteiger partial charge in [0.1, 0.15) is 0 Å². The zero-order valence-electron chi connectivity index (χ0n) is 9.12. The van der Waals surface area contributed by atoms with Crippen LogP contribution < -0.4 is 0 Å². The molecule has 1 aliphatic carbocycles. The molecule has 1 saturated heterocycles. The van der Waals surface area contributed by atoms with Crippen molar-refractivity contribution in [2.75, 3.05) is 26.2 Å². The number of hydrogen-bond donors (Lipinski definition) is 1. The van der Waals surface area contributed by atoms with Gasteiger partial charge in [-0.3, -0.25) is 0 Å². The molecular weight excluding hydrogens is 174 g/mol. The summed E-state index contributed by atoms with van der Waals surface area (Å²) >= 11 is 0. The lowest BCUT2D eigenvalue weighted by Crippen LogP contribution is -2.48. The van der Waals surface area contributed by atoms with Crippen LogP contribution in [0.3, 0.4) is 0 Å². The average molecular weight is 197 g/mol. The van der Waals surface area contributed by atoms with Gasteiger partial charge in [0.05, 0.1) is 0 Å². The summed E-state index contributed by atoms with van der Waals surface area (Å²) in [5.41, 5.74) is 0. The van der Waals surface area contributed by atoms with Gasteiger partial charge in [-0.2, -0.15) is 0 Å². The van der Waals surface area contributed by atoms with Crippen molar-refractivity contribution in [1.82, 2.24) is 4.90 Å². The van der Waals surface area contributed by atoms with Gasteiger partial charge >= 0.3 is 0 Å². The van der Waals surface area contributed by atoms with Crippen LogP contribution in [0.5, 0.6) is 0 Å². The van der Waals surface area contributed by atoms with E-state index in [0.717, 1.165) is 19.0 Å². The molecule has 2 rings (SSSR count). The Kier molecular flexibility index (Phi) is 3.82. The maximum atomic E-state index is 8.89. The highest BCUT2D eigenvalue weighted by Crippen LogP contribution is 2.27. The van der Waals surface area contributed by atoms with Crippen LogP contribution in [-0.2, 0) is 0 Å². The lowest BCUT2D eigenvalue weighted by molar-refractivity contribution is 0.0481. The summed E-state index contributed by atoms with van der Waals surface area (Å²) in [5.74, 6) is 1.60. The van der Waals surface area contributed by atoms with Crippen LogP contribution in [0.2, 0.25) is 0 Å². The molecule has 0 spiro atoms. The van der Waals surface area contributed by atoms with E-state index in [9.17, 15) is 0 Å². The molecule has 0 bridgehead atoms. The molecule has 0 aromatic rings. The molecule has 82 valence electrons. The number of nitrogens with zero attached hydrogens (tertiary/aromatic N) is 1. The Morgan fingerprint density at radius 3 is 2.36 bits per heavy atom. The third kappa shape index (κ3) is 2.71. The third-order valence-corrected chi connectivity index (χ3v) is 3.87. The molecule has 2 heteroatoms. The predicted octanol–water partition coefficient (Wildman–Crippen LogP) is 1.88. The SMILES string of the molecule is OCC1CN(CCC2CCCCC2)C1. The quantitative estimate of drug-likeness (QED) is 0.744. The van der Waals surface area contributed by atoms with E-state index >= 15 is 0 Å². The third-order valence-electron chi connectivity index (χ3n) is 3.87. The van der Waals surface area contributed by atoms with Crippen molar-refractivity contribution < 1.29 is 5.11 Å². The van der Waals surface area contributed by atoms with Crippen LogP contribution in [-0.4, -0.2) is 36.2 Å². The van der Waals surface area contributed by atoms with Crippen molar-refractivity contribution in [3.05, 3.63) is 0 Å². The second-order valence-electron chi connectivity index (χ2n) is 5.10. The number of likely N-dealkylation sites (tertiary alicyclic amines) is 1. The topological polar surface area (TPSA) is 23.5 Å². The Balaban J connectivity index is 1.54. The lowest BCUT2D eigenvalue weighted by atomic mass is 9.86. The van der Waals surface area contributed by atoms with Crippen LogP contribution in [0.1, 0.15) is 38.5 Å². The Bertz CT molecular complexity index is 160. The molecule has 1 N–H and O–H groups in total. The monoisotopic (exact) mass is 197 g/mol. The van der Waals surface area contributed by atoms with Crippen LogP contribution in [0.25, 0.3) is 0 Å². The molecule has 1 saturated carbocycles. The molecule has 0 atom stereocenters. The average Bonchev–Trinajstić information content (AvgIpc) is 2.17. The first-order valence-electron chi connectivity index (χ1n) is 6.21. The summed E-state index contributed by atoms with van der Waals surface area (Å²) in [6, 6.07) is 0. The number of hydrogen-bond acceptors (Lipinski definition) is 2. The largest absolute Gasteiger partial charge is 0.396 e. The van der Waals surface area contributed by atoms with Gasteiger partial charge in [-0.25, -0.2) is 0 Å². The predicted molar refractivity (Wildman–Crippen MR) is 58.2 cm³/mol. The maximum Gasteiger partial charge on any atom is 0.0483 e. The highest BCUT2D eigenvalue weighted by molar-refractivity contribution is 4.79. The van der Waals surface area contributed by atoms with E-state index in [1.54, 1.807) is 0 Å². The second kappa shape index (κ2) is 5.13. The summed E-state index contributed by atoms with van der Waals surface area (Å²) < 4.78 is 0. The minimum Gasteiger partial charge on any atom is -0.396 e. The smallest absolute Gasteiger partial charge is 0.0483 e. The van der Waals surface area contributed by atoms with Crippen molar-refractivity contribution in [3.8, 4) is 0 Å². The van der Waals surface area contributed by atoms with Gasteiger partial charge in [0.15, 0.2) is 0 Å². The maximum absolute atomic E-state index is 8.89. The Morgan fingerprint density at radius 1 is 1.00 bits per heavy atom. The zero-order chi connectivity index (χ0) is 9.80.